The zero-order chi connectivity index (χ0) is 20.3. The molecule has 1 aliphatic rings. The summed E-state index contributed by atoms with van der Waals surface area (Å²) in [5.74, 6) is 0.0566. The average molecular weight is 379 g/mol. The lowest BCUT2D eigenvalue weighted by atomic mass is 10.1. The van der Waals surface area contributed by atoms with Gasteiger partial charge in [0.15, 0.2) is 18.1 Å². The summed E-state index contributed by atoms with van der Waals surface area (Å²) in [6.45, 7) is 3.53. The van der Waals surface area contributed by atoms with Crippen LogP contribution < -0.4 is 20.2 Å². The van der Waals surface area contributed by atoms with Gasteiger partial charge in [-0.3, -0.25) is 9.59 Å². The summed E-state index contributed by atoms with van der Waals surface area (Å²) in [6.07, 6.45) is 1.75. The summed E-state index contributed by atoms with van der Waals surface area (Å²) in [4.78, 5) is 23.7. The number of methoxy groups -OCH3 is 1. The first-order valence-electron chi connectivity index (χ1n) is 8.66. The van der Waals surface area contributed by atoms with Crippen molar-refractivity contribution in [3.05, 3.63) is 59.2 Å². The second kappa shape index (κ2) is 7.96. The molecule has 0 saturated carbocycles. The molecule has 0 aromatic heterocycles. The Morgan fingerprint density at radius 2 is 1.86 bits per heavy atom. The molecule has 0 bridgehead atoms. The largest absolute Gasteiger partial charge is 0.493 e. The molecule has 2 amide bonds. The monoisotopic (exact) mass is 379 g/mol. The van der Waals surface area contributed by atoms with Gasteiger partial charge in [-0.2, -0.15) is 10.1 Å². The third-order valence-electron chi connectivity index (χ3n) is 4.21. The number of primary amides is 1. The van der Waals surface area contributed by atoms with Crippen molar-refractivity contribution in [3.8, 4) is 11.5 Å². The van der Waals surface area contributed by atoms with E-state index in [0.29, 0.717) is 28.5 Å². The zero-order valence-corrected chi connectivity index (χ0v) is 15.9. The van der Waals surface area contributed by atoms with Gasteiger partial charge in [0, 0.05) is 0 Å². The van der Waals surface area contributed by atoms with Crippen molar-refractivity contribution >= 4 is 29.3 Å². The normalized spacial score (nSPS) is 15.0. The first-order chi connectivity index (χ1) is 13.4. The molecule has 0 spiro atoms. The van der Waals surface area contributed by atoms with Gasteiger partial charge in [-0.1, -0.05) is 23.8 Å². The number of nitrogens with two attached hydrogens (primary N) is 1. The van der Waals surface area contributed by atoms with Gasteiger partial charge in [0.1, 0.15) is 0 Å². The zero-order valence-electron chi connectivity index (χ0n) is 15.9. The predicted octanol–water partition coefficient (Wildman–Crippen LogP) is 2.67. The number of carbonyl (C=O) groups excluding carboxylic acids is 2. The number of hydrazone groups is 1. The van der Waals surface area contributed by atoms with Crippen molar-refractivity contribution in [1.29, 1.82) is 0 Å². The van der Waals surface area contributed by atoms with Crippen LogP contribution in [0.2, 0.25) is 0 Å². The quantitative estimate of drug-likeness (QED) is 0.781. The van der Waals surface area contributed by atoms with Crippen LogP contribution in [-0.2, 0) is 9.59 Å². The predicted molar refractivity (Wildman–Crippen MR) is 107 cm³/mol. The molecule has 7 heteroatoms. The number of nitrogens with zero attached hydrogens (tertiary/aromatic N) is 2. The average Bonchev–Trinajstić information content (AvgIpc) is 2.95. The Kier molecular flexibility index (Phi) is 5.44. The SMILES string of the molecule is COc1cc(C=C2C(=O)N(c3ccc(C)cc3)N=C2C)ccc1OCC(N)=O. The van der Waals surface area contributed by atoms with Crippen molar-refractivity contribution in [2.45, 2.75) is 13.8 Å². The standard InChI is InChI=1S/C21H21N3O4/c1-13-4-7-16(8-5-13)24-21(26)17(14(2)23-24)10-15-6-9-18(19(11-15)27-3)28-12-20(22)25/h4-11H,12H2,1-3H3,(H2,22,25). The highest BCUT2D eigenvalue weighted by atomic mass is 16.5. The molecule has 0 unspecified atom stereocenters. The molecular weight excluding hydrogens is 358 g/mol. The van der Waals surface area contributed by atoms with Crippen LogP contribution >= 0.6 is 0 Å². The molecule has 7 nitrogen and oxygen atoms in total. The molecule has 0 atom stereocenters. The fourth-order valence-corrected chi connectivity index (χ4v) is 2.75. The maximum atomic E-state index is 12.8. The Morgan fingerprint density at radius 1 is 1.14 bits per heavy atom. The summed E-state index contributed by atoms with van der Waals surface area (Å²) in [5, 5.41) is 5.77. The van der Waals surface area contributed by atoms with Crippen LogP contribution in [0.3, 0.4) is 0 Å². The van der Waals surface area contributed by atoms with Gasteiger partial charge in [-0.25, -0.2) is 0 Å². The first-order valence-corrected chi connectivity index (χ1v) is 8.66. The molecule has 0 radical (unpaired) electrons. The fraction of sp³-hybridized carbons (Fsp3) is 0.190. The third-order valence-corrected chi connectivity index (χ3v) is 4.21. The summed E-state index contributed by atoms with van der Waals surface area (Å²) in [7, 11) is 1.50. The topological polar surface area (TPSA) is 94.2 Å². The van der Waals surface area contributed by atoms with Crippen LogP contribution in [0.1, 0.15) is 18.1 Å². The third kappa shape index (κ3) is 4.03. The second-order valence-electron chi connectivity index (χ2n) is 6.36. The smallest absolute Gasteiger partial charge is 0.280 e. The number of rotatable bonds is 6. The lowest BCUT2D eigenvalue weighted by Crippen LogP contribution is -2.21. The maximum absolute atomic E-state index is 12.8. The summed E-state index contributed by atoms with van der Waals surface area (Å²) in [6, 6.07) is 12.7. The van der Waals surface area contributed by atoms with E-state index in [0.717, 1.165) is 11.1 Å². The van der Waals surface area contributed by atoms with Crippen LogP contribution in [-0.4, -0.2) is 31.2 Å². The van der Waals surface area contributed by atoms with Gasteiger partial charge in [0.05, 0.1) is 24.1 Å². The summed E-state index contributed by atoms with van der Waals surface area (Å²) >= 11 is 0. The Labute approximate surface area is 163 Å². The molecular formula is C21H21N3O4. The Morgan fingerprint density at radius 3 is 2.50 bits per heavy atom. The minimum Gasteiger partial charge on any atom is -0.493 e. The highest BCUT2D eigenvalue weighted by molar-refractivity contribution is 6.32. The molecule has 0 saturated heterocycles. The van der Waals surface area contributed by atoms with Gasteiger partial charge in [0.25, 0.3) is 11.8 Å². The number of aryl methyl sites for hydroxylation is 1. The molecule has 2 aromatic rings. The molecule has 144 valence electrons. The number of ether oxygens (including phenoxy) is 2. The van der Waals surface area contributed by atoms with Gasteiger partial charge in [-0.05, 0) is 49.8 Å². The van der Waals surface area contributed by atoms with Gasteiger partial charge in [0.2, 0.25) is 0 Å². The van der Waals surface area contributed by atoms with Crippen molar-refractivity contribution in [1.82, 2.24) is 0 Å². The number of amides is 2. The maximum Gasteiger partial charge on any atom is 0.280 e. The Balaban J connectivity index is 1.87. The van der Waals surface area contributed by atoms with Crippen molar-refractivity contribution in [3.63, 3.8) is 0 Å². The van der Waals surface area contributed by atoms with E-state index in [9.17, 15) is 9.59 Å². The van der Waals surface area contributed by atoms with Crippen molar-refractivity contribution < 1.29 is 19.1 Å². The highest BCUT2D eigenvalue weighted by Crippen LogP contribution is 2.30. The first kappa shape index (κ1) is 19.2. The summed E-state index contributed by atoms with van der Waals surface area (Å²) < 4.78 is 10.6. The number of hydrogen-bond acceptors (Lipinski definition) is 5. The van der Waals surface area contributed by atoms with Gasteiger partial charge < -0.3 is 15.2 Å². The highest BCUT2D eigenvalue weighted by Gasteiger charge is 2.28. The number of hydrogen-bond donors (Lipinski definition) is 1. The van der Waals surface area contributed by atoms with E-state index in [-0.39, 0.29) is 12.5 Å². The van der Waals surface area contributed by atoms with E-state index in [1.807, 2.05) is 31.2 Å². The van der Waals surface area contributed by atoms with Crippen LogP contribution in [0, 0.1) is 6.92 Å². The lowest BCUT2D eigenvalue weighted by Gasteiger charge is -2.12. The Bertz CT molecular complexity index is 978. The van der Waals surface area contributed by atoms with E-state index in [1.54, 1.807) is 31.2 Å². The minimum atomic E-state index is -0.576. The Hall–Kier alpha value is -3.61. The summed E-state index contributed by atoms with van der Waals surface area (Å²) in [5.41, 5.74) is 8.78. The number of carbonyl (C=O) groups is 2. The number of benzene rings is 2. The van der Waals surface area contributed by atoms with Crippen LogP contribution in [0.15, 0.2) is 53.1 Å². The molecule has 1 aliphatic heterocycles. The van der Waals surface area contributed by atoms with Crippen molar-refractivity contribution in [2.75, 3.05) is 18.7 Å². The molecule has 2 N–H and O–H groups in total. The van der Waals surface area contributed by atoms with Gasteiger partial charge in [-0.15, -0.1) is 0 Å². The van der Waals surface area contributed by atoms with Crippen molar-refractivity contribution in [2.24, 2.45) is 10.8 Å². The number of anilines is 1. The van der Waals surface area contributed by atoms with E-state index >= 15 is 0 Å². The van der Waals surface area contributed by atoms with Crippen LogP contribution in [0.25, 0.3) is 6.08 Å². The van der Waals surface area contributed by atoms with Gasteiger partial charge >= 0.3 is 0 Å². The van der Waals surface area contributed by atoms with E-state index in [1.165, 1.54) is 12.1 Å². The van der Waals surface area contributed by atoms with E-state index in [4.69, 9.17) is 15.2 Å². The van der Waals surface area contributed by atoms with Crippen LogP contribution in [0.5, 0.6) is 11.5 Å². The molecule has 1 heterocycles. The van der Waals surface area contributed by atoms with E-state index < -0.39 is 5.91 Å². The second-order valence-corrected chi connectivity index (χ2v) is 6.36. The minimum absolute atomic E-state index is 0.200. The molecule has 0 aliphatic carbocycles. The lowest BCUT2D eigenvalue weighted by molar-refractivity contribution is -0.120. The van der Waals surface area contributed by atoms with E-state index in [2.05, 4.69) is 5.10 Å². The fourth-order valence-electron chi connectivity index (χ4n) is 2.75. The molecule has 0 fully saturated rings. The molecule has 2 aromatic carbocycles. The van der Waals surface area contributed by atoms with Crippen LogP contribution in [0.4, 0.5) is 5.69 Å². The molecule has 28 heavy (non-hydrogen) atoms. The molecule has 3 rings (SSSR count).